The van der Waals surface area contributed by atoms with Gasteiger partial charge in [-0.15, -0.1) is 0 Å². The van der Waals surface area contributed by atoms with Gasteiger partial charge in [-0.3, -0.25) is 19.2 Å². The lowest BCUT2D eigenvalue weighted by Gasteiger charge is -2.29. The zero-order valence-corrected chi connectivity index (χ0v) is 37.2. The van der Waals surface area contributed by atoms with E-state index in [1.807, 2.05) is 41.5 Å². The summed E-state index contributed by atoms with van der Waals surface area (Å²) >= 11 is 0. The molecule has 0 fully saturated rings. The fourth-order valence-electron chi connectivity index (χ4n) is 5.79. The first kappa shape index (κ1) is 55.8. The molecule has 0 saturated heterocycles. The van der Waals surface area contributed by atoms with E-state index >= 15 is 0 Å². The molecule has 0 aliphatic rings. The van der Waals surface area contributed by atoms with E-state index in [0.29, 0.717) is 19.1 Å². The van der Waals surface area contributed by atoms with Crippen molar-refractivity contribution in [1.29, 1.82) is 0 Å². The maximum Gasteiger partial charge on any atom is 0.329 e. The van der Waals surface area contributed by atoms with Gasteiger partial charge < -0.3 is 54.3 Å². The predicted molar refractivity (Wildman–Crippen MR) is 224 cm³/mol. The lowest BCUT2D eigenvalue weighted by Crippen LogP contribution is -2.45. The molecule has 0 aliphatic heterocycles. The van der Waals surface area contributed by atoms with Crippen molar-refractivity contribution in [3.8, 4) is 0 Å². The second kappa shape index (κ2) is 35.6. The number of carboxylic acids is 1. The number of carbonyl (C=O) groups excluding carboxylic acids is 5. The molecule has 4 N–H and O–H groups in total. The average molecular weight is 846 g/mol. The molecule has 0 radical (unpaired) electrons. The van der Waals surface area contributed by atoms with E-state index in [-0.39, 0.29) is 90.1 Å². The first-order valence-corrected chi connectivity index (χ1v) is 21.7. The molecule has 0 aromatic carbocycles. The minimum atomic E-state index is -1.05. The monoisotopic (exact) mass is 846 g/mol. The molecule has 344 valence electrons. The number of carbonyl (C=O) groups is 6. The standard InChI is InChI=1S/C43H79N3O13/c1-42(2,3)58-38(46-36(48)21-19-17-15-13-11-9-7-8-10-12-14-16-18-20-22-40(52)59-43(4,5)6)31-35(32-47)41(53)45-24-26-55-27-29-56-33-37(49)44-23-25-54-28-30-57-34-39(50)51/h32,35,38H,7-31,33-34H2,1-6H3,(H,44,49)(H,45,53)(H,46,48)(H,50,51)/t35-,38?/m0/s1. The summed E-state index contributed by atoms with van der Waals surface area (Å²) in [5.74, 6) is -3.17. The number of unbranched alkanes of at least 4 members (excludes halogenated alkanes) is 13. The van der Waals surface area contributed by atoms with Crippen LogP contribution < -0.4 is 16.0 Å². The van der Waals surface area contributed by atoms with Crippen LogP contribution in [0.1, 0.15) is 151 Å². The molecule has 0 saturated carbocycles. The molecular formula is C43H79N3O13. The van der Waals surface area contributed by atoms with Crippen LogP contribution in [-0.2, 0) is 57.2 Å². The third kappa shape index (κ3) is 40.0. The van der Waals surface area contributed by atoms with E-state index in [1.165, 1.54) is 51.4 Å². The number of carboxylic acid groups (broad SMARTS) is 1. The van der Waals surface area contributed by atoms with Crippen LogP contribution >= 0.6 is 0 Å². The number of ether oxygens (including phenoxy) is 6. The highest BCUT2D eigenvalue weighted by Gasteiger charge is 2.27. The van der Waals surface area contributed by atoms with Gasteiger partial charge in [0.05, 0.1) is 51.2 Å². The number of aldehydes is 1. The van der Waals surface area contributed by atoms with Crippen molar-refractivity contribution in [1.82, 2.24) is 16.0 Å². The van der Waals surface area contributed by atoms with Gasteiger partial charge in [0.15, 0.2) is 0 Å². The van der Waals surface area contributed by atoms with Crippen LogP contribution in [0.3, 0.4) is 0 Å². The number of amides is 3. The molecule has 16 heteroatoms. The molecular weight excluding hydrogens is 766 g/mol. The highest BCUT2D eigenvalue weighted by Crippen LogP contribution is 2.17. The molecule has 2 atom stereocenters. The van der Waals surface area contributed by atoms with E-state index in [2.05, 4.69) is 16.0 Å². The number of esters is 1. The number of hydrogen-bond donors (Lipinski definition) is 4. The molecule has 3 amide bonds. The largest absolute Gasteiger partial charge is 0.480 e. The first-order chi connectivity index (χ1) is 28.0. The van der Waals surface area contributed by atoms with Gasteiger partial charge in [0.2, 0.25) is 17.7 Å². The summed E-state index contributed by atoms with van der Waals surface area (Å²) in [5, 5.41) is 16.6. The van der Waals surface area contributed by atoms with E-state index in [1.54, 1.807) is 0 Å². The average Bonchev–Trinajstić information content (AvgIpc) is 3.14. The molecule has 0 heterocycles. The first-order valence-electron chi connectivity index (χ1n) is 21.7. The Labute approximate surface area is 353 Å². The summed E-state index contributed by atoms with van der Waals surface area (Å²) in [6.45, 7) is 12.2. The fraction of sp³-hybridized carbons (Fsp3) is 0.860. The van der Waals surface area contributed by atoms with Crippen molar-refractivity contribution in [2.75, 3.05) is 65.9 Å². The molecule has 16 nitrogen and oxygen atoms in total. The second-order valence-electron chi connectivity index (χ2n) is 16.7. The lowest BCUT2D eigenvalue weighted by molar-refractivity contribution is -0.155. The van der Waals surface area contributed by atoms with Gasteiger partial charge in [0, 0.05) is 32.4 Å². The molecule has 0 spiro atoms. The fourth-order valence-corrected chi connectivity index (χ4v) is 5.79. The number of hydrogen-bond acceptors (Lipinski definition) is 12. The Morgan fingerprint density at radius 3 is 1.49 bits per heavy atom. The van der Waals surface area contributed by atoms with Crippen LogP contribution in [0.4, 0.5) is 0 Å². The van der Waals surface area contributed by atoms with Gasteiger partial charge >= 0.3 is 11.9 Å². The maximum absolute atomic E-state index is 12.8. The van der Waals surface area contributed by atoms with E-state index < -0.39 is 35.2 Å². The minimum Gasteiger partial charge on any atom is -0.480 e. The van der Waals surface area contributed by atoms with Crippen LogP contribution in [0, 0.1) is 5.92 Å². The quantitative estimate of drug-likeness (QED) is 0.0200. The van der Waals surface area contributed by atoms with Crippen molar-refractivity contribution in [2.24, 2.45) is 5.92 Å². The number of rotatable bonds is 39. The Bertz CT molecular complexity index is 1140. The Kier molecular flexibility index (Phi) is 33.6. The minimum absolute atomic E-state index is 0.00170. The summed E-state index contributed by atoms with van der Waals surface area (Å²) in [7, 11) is 0. The van der Waals surface area contributed by atoms with Crippen molar-refractivity contribution in [3.05, 3.63) is 0 Å². The van der Waals surface area contributed by atoms with Crippen molar-refractivity contribution >= 4 is 35.9 Å². The van der Waals surface area contributed by atoms with Crippen LogP contribution in [0.15, 0.2) is 0 Å². The normalized spacial score (nSPS) is 12.7. The Morgan fingerprint density at radius 1 is 0.559 bits per heavy atom. The molecule has 0 aromatic heterocycles. The zero-order valence-electron chi connectivity index (χ0n) is 37.2. The lowest BCUT2D eigenvalue weighted by atomic mass is 10.0. The molecule has 0 rings (SSSR count). The van der Waals surface area contributed by atoms with Crippen LogP contribution in [-0.4, -0.2) is 124 Å². The highest BCUT2D eigenvalue weighted by atomic mass is 16.6. The third-order valence-corrected chi connectivity index (χ3v) is 8.56. The van der Waals surface area contributed by atoms with Crippen LogP contribution in [0.25, 0.3) is 0 Å². The molecule has 59 heavy (non-hydrogen) atoms. The SMILES string of the molecule is CC(C)(C)OC(=O)CCCCCCCCCCCCCCCCC(=O)NC(C[C@@H](C=O)C(=O)NCCOCCOCC(=O)NCCOCCOCC(=O)O)OC(C)(C)C. The van der Waals surface area contributed by atoms with Gasteiger partial charge in [0.1, 0.15) is 31.3 Å². The summed E-state index contributed by atoms with van der Waals surface area (Å²) < 4.78 is 32.1. The number of aliphatic carboxylic acids is 1. The van der Waals surface area contributed by atoms with Gasteiger partial charge in [-0.05, 0) is 54.4 Å². The van der Waals surface area contributed by atoms with E-state index in [4.69, 9.17) is 33.5 Å². The van der Waals surface area contributed by atoms with E-state index in [0.717, 1.165) is 38.5 Å². The topological polar surface area (TPSA) is 214 Å². The zero-order chi connectivity index (χ0) is 44.2. The van der Waals surface area contributed by atoms with Crippen LogP contribution in [0.2, 0.25) is 0 Å². The summed E-state index contributed by atoms with van der Waals surface area (Å²) in [5.41, 5.74) is -1.02. The predicted octanol–water partition coefficient (Wildman–Crippen LogP) is 5.42. The highest BCUT2D eigenvalue weighted by molar-refractivity contribution is 5.91. The van der Waals surface area contributed by atoms with Crippen molar-refractivity contribution in [2.45, 2.75) is 168 Å². The van der Waals surface area contributed by atoms with Crippen molar-refractivity contribution in [3.63, 3.8) is 0 Å². The summed E-state index contributed by atoms with van der Waals surface area (Å²) in [6, 6.07) is 0. The molecule has 0 aromatic rings. The second-order valence-corrected chi connectivity index (χ2v) is 16.7. The maximum atomic E-state index is 12.8. The summed E-state index contributed by atoms with van der Waals surface area (Å²) in [6.07, 6.45) is 16.4. The smallest absolute Gasteiger partial charge is 0.329 e. The van der Waals surface area contributed by atoms with Gasteiger partial charge in [-0.2, -0.15) is 0 Å². The molecule has 0 aliphatic carbocycles. The van der Waals surface area contributed by atoms with Crippen LogP contribution in [0.5, 0.6) is 0 Å². The van der Waals surface area contributed by atoms with Gasteiger partial charge in [-0.25, -0.2) is 4.79 Å². The van der Waals surface area contributed by atoms with Gasteiger partial charge in [0.25, 0.3) is 0 Å². The Balaban J connectivity index is 4.04. The Hall–Kier alpha value is -3.18. The molecule has 1 unspecified atom stereocenters. The number of nitrogens with one attached hydrogen (secondary N) is 3. The molecule has 0 bridgehead atoms. The Morgan fingerprint density at radius 2 is 1.02 bits per heavy atom. The van der Waals surface area contributed by atoms with Gasteiger partial charge in [-0.1, -0.05) is 77.0 Å². The van der Waals surface area contributed by atoms with E-state index in [9.17, 15) is 28.8 Å². The van der Waals surface area contributed by atoms with Crippen molar-refractivity contribution < 1.29 is 62.3 Å². The summed E-state index contributed by atoms with van der Waals surface area (Å²) in [4.78, 5) is 71.3. The third-order valence-electron chi connectivity index (χ3n) is 8.56.